The molecule has 2 heterocycles. The summed E-state index contributed by atoms with van der Waals surface area (Å²) >= 11 is 1.47. The van der Waals surface area contributed by atoms with Crippen LogP contribution in [0, 0.1) is 5.92 Å². The van der Waals surface area contributed by atoms with Gasteiger partial charge in [0, 0.05) is 36.6 Å². The lowest BCUT2D eigenvalue weighted by Crippen LogP contribution is -2.29. The Hall–Kier alpha value is -1.92. The molecule has 0 bridgehead atoms. The van der Waals surface area contributed by atoms with Crippen LogP contribution in [-0.2, 0) is 0 Å². The third-order valence-electron chi connectivity index (χ3n) is 3.97. The number of rotatable bonds is 5. The number of ether oxygens (including phenoxy) is 1. The van der Waals surface area contributed by atoms with Gasteiger partial charge in [0.05, 0.1) is 6.61 Å². The van der Waals surface area contributed by atoms with Crippen molar-refractivity contribution >= 4 is 17.2 Å². The number of hydrogen-bond donors (Lipinski definition) is 1. The number of thiazole rings is 1. The van der Waals surface area contributed by atoms with Crippen LogP contribution in [0.5, 0.6) is 5.75 Å². The van der Waals surface area contributed by atoms with E-state index >= 15 is 0 Å². The number of aliphatic hydroxyl groups is 1. The lowest BCUT2D eigenvalue weighted by molar-refractivity contribution is 0.0777. The molecule has 0 radical (unpaired) electrons. The maximum absolute atomic E-state index is 12.5. The van der Waals surface area contributed by atoms with Crippen molar-refractivity contribution < 1.29 is 14.6 Å². The molecule has 1 atom stereocenters. The molecule has 1 amide bonds. The van der Waals surface area contributed by atoms with Gasteiger partial charge in [0.25, 0.3) is 5.91 Å². The van der Waals surface area contributed by atoms with Crippen molar-refractivity contribution in [1.29, 1.82) is 0 Å². The van der Waals surface area contributed by atoms with Crippen LogP contribution >= 0.6 is 11.3 Å². The Labute approximate surface area is 139 Å². The molecule has 0 spiro atoms. The van der Waals surface area contributed by atoms with E-state index in [1.54, 1.807) is 10.3 Å². The number of hydrogen-bond acceptors (Lipinski definition) is 5. The zero-order valence-electron chi connectivity index (χ0n) is 13.1. The van der Waals surface area contributed by atoms with E-state index in [1.807, 2.05) is 31.2 Å². The minimum Gasteiger partial charge on any atom is -0.494 e. The first-order valence-corrected chi connectivity index (χ1v) is 8.68. The number of carbonyl (C=O) groups is 1. The lowest BCUT2D eigenvalue weighted by Gasteiger charge is -2.14. The Balaban J connectivity index is 1.71. The number of nitrogens with zero attached hydrogens (tertiary/aromatic N) is 2. The molecule has 3 rings (SSSR count). The van der Waals surface area contributed by atoms with Crippen molar-refractivity contribution in [2.45, 2.75) is 13.3 Å². The largest absolute Gasteiger partial charge is 0.494 e. The summed E-state index contributed by atoms with van der Waals surface area (Å²) < 4.78 is 5.43. The van der Waals surface area contributed by atoms with Crippen molar-refractivity contribution in [2.24, 2.45) is 5.92 Å². The van der Waals surface area contributed by atoms with E-state index in [2.05, 4.69) is 4.98 Å². The molecule has 0 aliphatic carbocycles. The van der Waals surface area contributed by atoms with E-state index < -0.39 is 0 Å². The Morgan fingerprint density at radius 3 is 2.87 bits per heavy atom. The standard InChI is InChI=1S/C17H20N2O3S/c1-2-22-14-5-3-13(4-6-14)16-18-15(11-23-16)17(21)19-8-7-12(9-19)10-20/h3-6,11-12,20H,2,7-10H2,1H3. The molecule has 1 aromatic carbocycles. The predicted octanol–water partition coefficient (Wildman–Crippen LogP) is 2.66. The Morgan fingerprint density at radius 1 is 1.43 bits per heavy atom. The smallest absolute Gasteiger partial charge is 0.273 e. The van der Waals surface area contributed by atoms with Crippen LogP contribution in [-0.4, -0.2) is 47.2 Å². The van der Waals surface area contributed by atoms with Gasteiger partial charge in [-0.25, -0.2) is 4.98 Å². The first-order valence-electron chi connectivity index (χ1n) is 7.80. The minimum absolute atomic E-state index is 0.0469. The topological polar surface area (TPSA) is 62.7 Å². The van der Waals surface area contributed by atoms with Crippen molar-refractivity contribution in [1.82, 2.24) is 9.88 Å². The Kier molecular flexibility index (Phi) is 4.93. The maximum Gasteiger partial charge on any atom is 0.273 e. The normalized spacial score (nSPS) is 17.5. The van der Waals surface area contributed by atoms with Crippen LogP contribution in [0.1, 0.15) is 23.8 Å². The Morgan fingerprint density at radius 2 is 2.22 bits per heavy atom. The summed E-state index contributed by atoms with van der Waals surface area (Å²) in [5.74, 6) is 0.980. The zero-order chi connectivity index (χ0) is 16.2. The lowest BCUT2D eigenvalue weighted by atomic mass is 10.1. The highest BCUT2D eigenvalue weighted by atomic mass is 32.1. The van der Waals surface area contributed by atoms with Gasteiger partial charge in [0.15, 0.2) is 0 Å². The summed E-state index contributed by atoms with van der Waals surface area (Å²) in [5, 5.41) is 11.8. The van der Waals surface area contributed by atoms with Crippen LogP contribution in [0.4, 0.5) is 0 Å². The highest BCUT2D eigenvalue weighted by Crippen LogP contribution is 2.27. The molecule has 0 saturated carbocycles. The fraction of sp³-hybridized carbons (Fsp3) is 0.412. The van der Waals surface area contributed by atoms with E-state index in [0.29, 0.717) is 25.4 Å². The first-order chi connectivity index (χ1) is 11.2. The van der Waals surface area contributed by atoms with Gasteiger partial charge in [0.2, 0.25) is 0 Å². The van der Waals surface area contributed by atoms with Gasteiger partial charge < -0.3 is 14.7 Å². The SMILES string of the molecule is CCOc1ccc(-c2nc(C(=O)N3CCC(CO)C3)cs2)cc1. The van der Waals surface area contributed by atoms with Crippen LogP contribution < -0.4 is 4.74 Å². The van der Waals surface area contributed by atoms with Crippen molar-refractivity contribution in [2.75, 3.05) is 26.3 Å². The summed E-state index contributed by atoms with van der Waals surface area (Å²) in [6.07, 6.45) is 0.859. The fourth-order valence-electron chi connectivity index (χ4n) is 2.69. The van der Waals surface area contributed by atoms with Gasteiger partial charge in [-0.15, -0.1) is 11.3 Å². The van der Waals surface area contributed by atoms with Gasteiger partial charge in [-0.1, -0.05) is 0 Å². The first kappa shape index (κ1) is 16.0. The second-order valence-electron chi connectivity index (χ2n) is 5.58. The number of amides is 1. The Bertz CT molecular complexity index is 669. The van der Waals surface area contributed by atoms with Gasteiger partial charge in [-0.2, -0.15) is 0 Å². The second kappa shape index (κ2) is 7.10. The molecule has 1 aliphatic heterocycles. The molecule has 1 unspecified atom stereocenters. The molecule has 1 aliphatic rings. The van der Waals surface area contributed by atoms with Gasteiger partial charge in [-0.05, 0) is 37.6 Å². The summed E-state index contributed by atoms with van der Waals surface area (Å²) in [4.78, 5) is 18.7. The van der Waals surface area contributed by atoms with Crippen molar-refractivity contribution in [3.05, 3.63) is 35.3 Å². The van der Waals surface area contributed by atoms with Crippen molar-refractivity contribution in [3.8, 4) is 16.3 Å². The zero-order valence-corrected chi connectivity index (χ0v) is 13.9. The number of carbonyl (C=O) groups excluding carboxylic acids is 1. The third-order valence-corrected chi connectivity index (χ3v) is 4.86. The summed E-state index contributed by atoms with van der Waals surface area (Å²) in [7, 11) is 0. The molecule has 1 saturated heterocycles. The van der Waals surface area contributed by atoms with Gasteiger partial charge in [-0.3, -0.25) is 4.79 Å². The molecule has 1 fully saturated rings. The molecular weight excluding hydrogens is 312 g/mol. The maximum atomic E-state index is 12.5. The van der Waals surface area contributed by atoms with Crippen LogP contribution in [0.15, 0.2) is 29.6 Å². The number of likely N-dealkylation sites (tertiary alicyclic amines) is 1. The monoisotopic (exact) mass is 332 g/mol. The number of aromatic nitrogens is 1. The quantitative estimate of drug-likeness (QED) is 0.914. The molecular formula is C17H20N2O3S. The average molecular weight is 332 g/mol. The van der Waals surface area contributed by atoms with E-state index in [-0.39, 0.29) is 18.4 Å². The molecule has 1 aromatic heterocycles. The highest BCUT2D eigenvalue weighted by Gasteiger charge is 2.27. The van der Waals surface area contributed by atoms with Crippen LogP contribution in [0.3, 0.4) is 0 Å². The van der Waals surface area contributed by atoms with E-state index in [4.69, 9.17) is 4.74 Å². The van der Waals surface area contributed by atoms with Crippen molar-refractivity contribution in [3.63, 3.8) is 0 Å². The molecule has 5 nitrogen and oxygen atoms in total. The van der Waals surface area contributed by atoms with E-state index in [0.717, 1.165) is 22.7 Å². The van der Waals surface area contributed by atoms with Crippen LogP contribution in [0.25, 0.3) is 10.6 Å². The second-order valence-corrected chi connectivity index (χ2v) is 6.44. The fourth-order valence-corrected chi connectivity index (χ4v) is 3.49. The molecule has 1 N–H and O–H groups in total. The predicted molar refractivity (Wildman–Crippen MR) is 89.8 cm³/mol. The molecule has 6 heteroatoms. The van der Waals surface area contributed by atoms with Crippen LogP contribution in [0.2, 0.25) is 0 Å². The minimum atomic E-state index is -0.0469. The summed E-state index contributed by atoms with van der Waals surface area (Å²) in [5.41, 5.74) is 1.46. The van der Waals surface area contributed by atoms with Gasteiger partial charge in [0.1, 0.15) is 16.5 Å². The summed E-state index contributed by atoms with van der Waals surface area (Å²) in [6, 6.07) is 7.73. The molecule has 122 valence electrons. The summed E-state index contributed by atoms with van der Waals surface area (Å²) in [6.45, 7) is 4.04. The molecule has 2 aromatic rings. The third kappa shape index (κ3) is 3.54. The average Bonchev–Trinajstić information content (AvgIpc) is 3.25. The van der Waals surface area contributed by atoms with Gasteiger partial charge >= 0.3 is 0 Å². The number of benzene rings is 1. The van der Waals surface area contributed by atoms with E-state index in [9.17, 15) is 9.90 Å². The van der Waals surface area contributed by atoms with E-state index in [1.165, 1.54) is 11.3 Å². The molecule has 23 heavy (non-hydrogen) atoms. The highest BCUT2D eigenvalue weighted by molar-refractivity contribution is 7.13. The number of aliphatic hydroxyl groups excluding tert-OH is 1.